The van der Waals surface area contributed by atoms with Gasteiger partial charge in [0.25, 0.3) is 5.91 Å². The quantitative estimate of drug-likeness (QED) is 0.767. The molecule has 1 amide bonds. The maximum atomic E-state index is 12.4. The Morgan fingerprint density at radius 1 is 1.12 bits per heavy atom. The maximum absolute atomic E-state index is 12.4. The van der Waals surface area contributed by atoms with Crippen molar-refractivity contribution in [2.45, 2.75) is 20.4 Å². The molecule has 2 aromatic carbocycles. The molecule has 0 saturated carbocycles. The standard InChI is InChI=1S/C20H20N2O3/c1-13-6-4-5-7-17(13)20-22-18(14(2)25-20)19(23)21-12-15-8-10-16(24-3)11-9-15/h4-11H,12H2,1-3H3,(H,21,23). The van der Waals surface area contributed by atoms with Crippen molar-refractivity contribution < 1.29 is 13.9 Å². The van der Waals surface area contributed by atoms with Crippen molar-refractivity contribution in [2.75, 3.05) is 7.11 Å². The highest BCUT2D eigenvalue weighted by molar-refractivity contribution is 5.93. The number of amides is 1. The second-order valence-electron chi connectivity index (χ2n) is 5.77. The monoisotopic (exact) mass is 336 g/mol. The summed E-state index contributed by atoms with van der Waals surface area (Å²) in [5.41, 5.74) is 3.23. The Kier molecular flexibility index (Phi) is 4.84. The number of hydrogen-bond donors (Lipinski definition) is 1. The van der Waals surface area contributed by atoms with E-state index in [9.17, 15) is 4.79 Å². The summed E-state index contributed by atoms with van der Waals surface area (Å²) in [6.07, 6.45) is 0. The van der Waals surface area contributed by atoms with Crippen LogP contribution < -0.4 is 10.1 Å². The molecule has 0 bridgehead atoms. The van der Waals surface area contributed by atoms with E-state index in [0.29, 0.717) is 23.9 Å². The third-order valence-electron chi connectivity index (χ3n) is 4.00. The van der Waals surface area contributed by atoms with E-state index in [1.54, 1.807) is 14.0 Å². The number of oxazole rings is 1. The minimum atomic E-state index is -0.253. The number of aromatic nitrogens is 1. The molecule has 0 aliphatic carbocycles. The fraction of sp³-hybridized carbons (Fsp3) is 0.200. The average Bonchev–Trinajstić information content (AvgIpc) is 3.02. The summed E-state index contributed by atoms with van der Waals surface area (Å²) in [6, 6.07) is 15.3. The van der Waals surface area contributed by atoms with E-state index >= 15 is 0 Å². The van der Waals surface area contributed by atoms with E-state index in [1.165, 1.54) is 0 Å². The van der Waals surface area contributed by atoms with Gasteiger partial charge in [0.05, 0.1) is 7.11 Å². The Hall–Kier alpha value is -3.08. The summed E-state index contributed by atoms with van der Waals surface area (Å²) in [4.78, 5) is 16.8. The van der Waals surface area contributed by atoms with Crippen molar-refractivity contribution in [2.24, 2.45) is 0 Å². The highest BCUT2D eigenvalue weighted by Gasteiger charge is 2.18. The fourth-order valence-corrected chi connectivity index (χ4v) is 2.54. The molecule has 25 heavy (non-hydrogen) atoms. The minimum Gasteiger partial charge on any atom is -0.497 e. The van der Waals surface area contributed by atoms with Gasteiger partial charge in [-0.25, -0.2) is 4.98 Å². The van der Waals surface area contributed by atoms with E-state index in [1.807, 2.05) is 55.5 Å². The van der Waals surface area contributed by atoms with Crippen molar-refractivity contribution in [3.8, 4) is 17.2 Å². The first-order valence-corrected chi connectivity index (χ1v) is 8.03. The molecule has 1 aromatic heterocycles. The number of ether oxygens (including phenoxy) is 1. The van der Waals surface area contributed by atoms with Crippen LogP contribution in [0.25, 0.3) is 11.5 Å². The second-order valence-corrected chi connectivity index (χ2v) is 5.77. The van der Waals surface area contributed by atoms with E-state index in [2.05, 4.69) is 10.3 Å². The van der Waals surface area contributed by atoms with Gasteiger partial charge in [0.2, 0.25) is 5.89 Å². The Morgan fingerprint density at radius 2 is 1.84 bits per heavy atom. The lowest BCUT2D eigenvalue weighted by atomic mass is 10.1. The summed E-state index contributed by atoms with van der Waals surface area (Å²) in [5.74, 6) is 1.50. The van der Waals surface area contributed by atoms with Crippen LogP contribution in [0.4, 0.5) is 0 Å². The number of hydrogen-bond acceptors (Lipinski definition) is 4. The van der Waals surface area contributed by atoms with Crippen LogP contribution in [0.3, 0.4) is 0 Å². The molecule has 0 aliphatic heterocycles. The van der Waals surface area contributed by atoms with E-state index in [-0.39, 0.29) is 5.91 Å². The number of aryl methyl sites for hydroxylation is 2. The molecule has 5 heteroatoms. The van der Waals surface area contributed by atoms with Crippen LogP contribution in [0, 0.1) is 13.8 Å². The zero-order valence-electron chi connectivity index (χ0n) is 14.5. The molecule has 128 valence electrons. The molecule has 0 radical (unpaired) electrons. The lowest BCUT2D eigenvalue weighted by Gasteiger charge is -2.05. The van der Waals surface area contributed by atoms with Gasteiger partial charge in [-0.05, 0) is 43.2 Å². The topological polar surface area (TPSA) is 64.4 Å². The van der Waals surface area contributed by atoms with E-state index in [0.717, 1.165) is 22.4 Å². The van der Waals surface area contributed by atoms with Crippen molar-refractivity contribution in [3.05, 3.63) is 71.1 Å². The van der Waals surface area contributed by atoms with Gasteiger partial charge in [0.15, 0.2) is 5.69 Å². The van der Waals surface area contributed by atoms with Crippen molar-refractivity contribution in [3.63, 3.8) is 0 Å². The van der Waals surface area contributed by atoms with E-state index in [4.69, 9.17) is 9.15 Å². The zero-order valence-corrected chi connectivity index (χ0v) is 14.5. The molecule has 1 N–H and O–H groups in total. The number of nitrogens with zero attached hydrogens (tertiary/aromatic N) is 1. The second kappa shape index (κ2) is 7.21. The fourth-order valence-electron chi connectivity index (χ4n) is 2.54. The first-order chi connectivity index (χ1) is 12.1. The molecule has 3 aromatic rings. The Balaban J connectivity index is 1.73. The first kappa shape index (κ1) is 16.8. The van der Waals surface area contributed by atoms with Gasteiger partial charge in [0.1, 0.15) is 11.5 Å². The predicted molar refractivity (Wildman–Crippen MR) is 95.6 cm³/mol. The van der Waals surface area contributed by atoms with Crippen molar-refractivity contribution >= 4 is 5.91 Å². The lowest BCUT2D eigenvalue weighted by Crippen LogP contribution is -2.23. The molecule has 3 rings (SSSR count). The lowest BCUT2D eigenvalue weighted by molar-refractivity contribution is 0.0945. The minimum absolute atomic E-state index is 0.253. The first-order valence-electron chi connectivity index (χ1n) is 8.03. The SMILES string of the molecule is COc1ccc(CNC(=O)c2nc(-c3ccccc3C)oc2C)cc1. The number of methoxy groups -OCH3 is 1. The third kappa shape index (κ3) is 3.71. The van der Waals surface area contributed by atoms with Gasteiger partial charge in [-0.1, -0.05) is 30.3 Å². The molecule has 0 spiro atoms. The molecule has 0 saturated heterocycles. The third-order valence-corrected chi connectivity index (χ3v) is 4.00. The van der Waals surface area contributed by atoms with Crippen molar-refractivity contribution in [1.82, 2.24) is 10.3 Å². The van der Waals surface area contributed by atoms with Gasteiger partial charge < -0.3 is 14.5 Å². The number of carbonyl (C=O) groups is 1. The Labute approximate surface area is 146 Å². The number of benzene rings is 2. The largest absolute Gasteiger partial charge is 0.497 e. The number of rotatable bonds is 5. The highest BCUT2D eigenvalue weighted by atomic mass is 16.5. The highest BCUT2D eigenvalue weighted by Crippen LogP contribution is 2.24. The van der Waals surface area contributed by atoms with Crippen LogP contribution in [-0.4, -0.2) is 18.0 Å². The molecular formula is C20H20N2O3. The van der Waals surface area contributed by atoms with Gasteiger partial charge in [-0.15, -0.1) is 0 Å². The molecule has 0 atom stereocenters. The predicted octanol–water partition coefficient (Wildman–Crippen LogP) is 3.90. The number of nitrogens with one attached hydrogen (secondary N) is 1. The Morgan fingerprint density at radius 3 is 2.52 bits per heavy atom. The molecule has 1 heterocycles. The zero-order chi connectivity index (χ0) is 17.8. The van der Waals surface area contributed by atoms with Crippen LogP contribution in [0.5, 0.6) is 5.75 Å². The summed E-state index contributed by atoms with van der Waals surface area (Å²) in [7, 11) is 1.62. The van der Waals surface area contributed by atoms with Crippen LogP contribution in [0.2, 0.25) is 0 Å². The smallest absolute Gasteiger partial charge is 0.273 e. The van der Waals surface area contributed by atoms with Crippen LogP contribution in [0.1, 0.15) is 27.4 Å². The normalized spacial score (nSPS) is 10.5. The maximum Gasteiger partial charge on any atom is 0.273 e. The van der Waals surface area contributed by atoms with Gasteiger partial charge >= 0.3 is 0 Å². The van der Waals surface area contributed by atoms with Gasteiger partial charge in [-0.3, -0.25) is 4.79 Å². The summed E-state index contributed by atoms with van der Waals surface area (Å²) in [5, 5.41) is 2.87. The molecule has 0 unspecified atom stereocenters. The molecular weight excluding hydrogens is 316 g/mol. The van der Waals surface area contributed by atoms with Crippen molar-refractivity contribution in [1.29, 1.82) is 0 Å². The summed E-state index contributed by atoms with van der Waals surface area (Å²) >= 11 is 0. The number of carbonyl (C=O) groups excluding carboxylic acids is 1. The van der Waals surface area contributed by atoms with Crippen LogP contribution >= 0.6 is 0 Å². The Bertz CT molecular complexity index is 882. The van der Waals surface area contributed by atoms with E-state index < -0.39 is 0 Å². The summed E-state index contributed by atoms with van der Waals surface area (Å²) < 4.78 is 10.8. The summed E-state index contributed by atoms with van der Waals surface area (Å²) in [6.45, 7) is 4.14. The van der Waals surface area contributed by atoms with Crippen LogP contribution in [-0.2, 0) is 6.54 Å². The average molecular weight is 336 g/mol. The molecule has 5 nitrogen and oxygen atoms in total. The molecule has 0 fully saturated rings. The molecule has 0 aliphatic rings. The van der Waals surface area contributed by atoms with Crippen LogP contribution in [0.15, 0.2) is 52.9 Å². The van der Waals surface area contributed by atoms with Gasteiger partial charge in [-0.2, -0.15) is 0 Å². The van der Waals surface area contributed by atoms with Gasteiger partial charge in [0, 0.05) is 12.1 Å².